The van der Waals surface area contributed by atoms with E-state index in [1.54, 1.807) is 6.20 Å². The first kappa shape index (κ1) is 7.92. The smallest absolute Gasteiger partial charge is 0.0965 e. The SMILES string of the molecule is C=CCc1c[c]c2ncccc2n1. The standard InChI is InChI=1S/C11H9N2/c1-2-4-9-6-7-10-11(13-9)5-3-8-12-10/h2-3,5-6,8H,1,4H2. The van der Waals surface area contributed by atoms with Crippen LogP contribution in [0.5, 0.6) is 0 Å². The Morgan fingerprint density at radius 3 is 3.31 bits per heavy atom. The van der Waals surface area contributed by atoms with E-state index in [0.717, 1.165) is 23.1 Å². The van der Waals surface area contributed by atoms with Gasteiger partial charge in [-0.2, -0.15) is 0 Å². The molecule has 0 unspecified atom stereocenters. The fourth-order valence-corrected chi connectivity index (χ4v) is 1.19. The number of fused-ring (bicyclic) bond motifs is 1. The molecule has 2 rings (SSSR count). The van der Waals surface area contributed by atoms with Crippen LogP contribution < -0.4 is 0 Å². The van der Waals surface area contributed by atoms with Crippen LogP contribution in [-0.2, 0) is 6.42 Å². The normalized spacial score (nSPS) is 10.2. The van der Waals surface area contributed by atoms with Crippen molar-refractivity contribution in [2.45, 2.75) is 6.42 Å². The molecule has 0 bridgehead atoms. The molecule has 63 valence electrons. The van der Waals surface area contributed by atoms with Crippen molar-refractivity contribution < 1.29 is 0 Å². The van der Waals surface area contributed by atoms with Crippen molar-refractivity contribution in [1.29, 1.82) is 0 Å². The Hall–Kier alpha value is -1.70. The molecule has 0 amide bonds. The van der Waals surface area contributed by atoms with Gasteiger partial charge in [0, 0.05) is 24.4 Å². The number of pyridine rings is 2. The third kappa shape index (κ3) is 1.56. The Balaban J connectivity index is 2.55. The molecule has 0 aliphatic carbocycles. The quantitative estimate of drug-likeness (QED) is 0.644. The van der Waals surface area contributed by atoms with Crippen LogP contribution in [0.25, 0.3) is 11.0 Å². The van der Waals surface area contributed by atoms with E-state index in [-0.39, 0.29) is 0 Å². The molecule has 0 aliphatic heterocycles. The van der Waals surface area contributed by atoms with Crippen LogP contribution in [0.1, 0.15) is 5.69 Å². The Morgan fingerprint density at radius 2 is 2.46 bits per heavy atom. The third-order valence-corrected chi connectivity index (χ3v) is 1.78. The van der Waals surface area contributed by atoms with E-state index in [2.05, 4.69) is 22.6 Å². The highest BCUT2D eigenvalue weighted by Crippen LogP contribution is 2.08. The van der Waals surface area contributed by atoms with E-state index in [0.29, 0.717) is 0 Å². The number of aromatic nitrogens is 2. The van der Waals surface area contributed by atoms with Gasteiger partial charge in [-0.3, -0.25) is 9.97 Å². The van der Waals surface area contributed by atoms with Gasteiger partial charge < -0.3 is 0 Å². The zero-order valence-corrected chi connectivity index (χ0v) is 7.20. The van der Waals surface area contributed by atoms with Crippen LogP contribution >= 0.6 is 0 Å². The first-order valence-electron chi connectivity index (χ1n) is 4.13. The molecule has 0 saturated heterocycles. The number of rotatable bonds is 2. The summed E-state index contributed by atoms with van der Waals surface area (Å²) in [5.41, 5.74) is 2.69. The van der Waals surface area contributed by atoms with Gasteiger partial charge in [-0.25, -0.2) is 0 Å². The molecular weight excluding hydrogens is 160 g/mol. The van der Waals surface area contributed by atoms with Gasteiger partial charge >= 0.3 is 0 Å². The van der Waals surface area contributed by atoms with Gasteiger partial charge in [0.05, 0.1) is 11.0 Å². The topological polar surface area (TPSA) is 25.8 Å². The predicted molar refractivity (Wildman–Crippen MR) is 52.3 cm³/mol. The van der Waals surface area contributed by atoms with Gasteiger partial charge in [0.25, 0.3) is 0 Å². The molecule has 0 saturated carbocycles. The second-order valence-electron chi connectivity index (χ2n) is 2.76. The van der Waals surface area contributed by atoms with Gasteiger partial charge in [0.15, 0.2) is 0 Å². The third-order valence-electron chi connectivity index (χ3n) is 1.78. The fourth-order valence-electron chi connectivity index (χ4n) is 1.19. The van der Waals surface area contributed by atoms with Crippen LogP contribution in [0.2, 0.25) is 0 Å². The molecule has 2 aromatic heterocycles. The summed E-state index contributed by atoms with van der Waals surface area (Å²) in [5, 5.41) is 0. The molecule has 2 nitrogen and oxygen atoms in total. The van der Waals surface area contributed by atoms with E-state index in [9.17, 15) is 0 Å². The number of nitrogens with zero attached hydrogens (tertiary/aromatic N) is 2. The van der Waals surface area contributed by atoms with Crippen molar-refractivity contribution in [1.82, 2.24) is 9.97 Å². The molecule has 0 fully saturated rings. The summed E-state index contributed by atoms with van der Waals surface area (Å²) in [4.78, 5) is 8.54. The summed E-state index contributed by atoms with van der Waals surface area (Å²) in [6.07, 6.45) is 4.35. The maximum atomic E-state index is 4.40. The second kappa shape index (κ2) is 3.35. The van der Waals surface area contributed by atoms with Gasteiger partial charge in [-0.1, -0.05) is 6.08 Å². The number of hydrogen-bond acceptors (Lipinski definition) is 2. The molecule has 2 heteroatoms. The van der Waals surface area contributed by atoms with Gasteiger partial charge in [0.2, 0.25) is 0 Å². The van der Waals surface area contributed by atoms with E-state index >= 15 is 0 Å². The van der Waals surface area contributed by atoms with Crippen LogP contribution in [0.15, 0.2) is 37.1 Å². The Kier molecular flexibility index (Phi) is 2.04. The fraction of sp³-hybridized carbons (Fsp3) is 0.0909. The number of hydrogen-bond donors (Lipinski definition) is 0. The summed E-state index contributed by atoms with van der Waals surface area (Å²) in [5.74, 6) is 0. The Morgan fingerprint density at radius 1 is 1.54 bits per heavy atom. The van der Waals surface area contributed by atoms with E-state index in [1.807, 2.05) is 24.3 Å². The van der Waals surface area contributed by atoms with Gasteiger partial charge in [-0.15, -0.1) is 6.58 Å². The molecule has 0 aromatic carbocycles. The highest BCUT2D eigenvalue weighted by molar-refractivity contribution is 5.72. The van der Waals surface area contributed by atoms with Crippen LogP contribution in [0.4, 0.5) is 0 Å². The molecule has 0 N–H and O–H groups in total. The maximum Gasteiger partial charge on any atom is 0.0965 e. The minimum atomic E-state index is 0.779. The van der Waals surface area contributed by atoms with Gasteiger partial charge in [0.1, 0.15) is 0 Å². The maximum absolute atomic E-state index is 4.40. The minimum absolute atomic E-state index is 0.779. The molecule has 2 heterocycles. The van der Waals surface area contributed by atoms with Crippen molar-refractivity contribution in [2.24, 2.45) is 0 Å². The zero-order chi connectivity index (χ0) is 9.10. The van der Waals surface area contributed by atoms with E-state index in [4.69, 9.17) is 0 Å². The average molecular weight is 169 g/mol. The van der Waals surface area contributed by atoms with Crippen molar-refractivity contribution in [3.8, 4) is 0 Å². The lowest BCUT2D eigenvalue weighted by atomic mass is 10.2. The summed E-state index contributed by atoms with van der Waals surface area (Å²) < 4.78 is 0. The largest absolute Gasteiger partial charge is 0.254 e. The zero-order valence-electron chi connectivity index (χ0n) is 7.20. The summed E-state index contributed by atoms with van der Waals surface area (Å²) in [6, 6.07) is 8.75. The minimum Gasteiger partial charge on any atom is -0.254 e. The highest BCUT2D eigenvalue weighted by Gasteiger charge is 1.96. The molecule has 0 aliphatic rings. The average Bonchev–Trinajstić information content (AvgIpc) is 2.18. The second-order valence-corrected chi connectivity index (χ2v) is 2.76. The van der Waals surface area contributed by atoms with Crippen molar-refractivity contribution in [2.75, 3.05) is 0 Å². The summed E-state index contributed by atoms with van der Waals surface area (Å²) >= 11 is 0. The summed E-state index contributed by atoms with van der Waals surface area (Å²) in [7, 11) is 0. The molecule has 13 heavy (non-hydrogen) atoms. The molecular formula is C11H9N2. The highest BCUT2D eigenvalue weighted by atomic mass is 14.7. The molecule has 2 aromatic rings. The van der Waals surface area contributed by atoms with Crippen LogP contribution in [0.3, 0.4) is 0 Å². The molecule has 1 radical (unpaired) electrons. The number of allylic oxidation sites excluding steroid dienone is 1. The van der Waals surface area contributed by atoms with E-state index in [1.165, 1.54) is 0 Å². The lowest BCUT2D eigenvalue weighted by Crippen LogP contribution is -1.89. The monoisotopic (exact) mass is 169 g/mol. The first-order chi connectivity index (χ1) is 6.40. The van der Waals surface area contributed by atoms with E-state index < -0.39 is 0 Å². The molecule has 0 spiro atoms. The Bertz CT molecular complexity index is 435. The Labute approximate surface area is 77.0 Å². The van der Waals surface area contributed by atoms with Crippen molar-refractivity contribution in [3.63, 3.8) is 0 Å². The van der Waals surface area contributed by atoms with Crippen molar-refractivity contribution in [3.05, 3.63) is 48.8 Å². The first-order valence-corrected chi connectivity index (χ1v) is 4.13. The molecule has 0 atom stereocenters. The van der Waals surface area contributed by atoms with Crippen LogP contribution in [-0.4, -0.2) is 9.97 Å². The van der Waals surface area contributed by atoms with Gasteiger partial charge in [-0.05, 0) is 18.2 Å². The van der Waals surface area contributed by atoms with Crippen molar-refractivity contribution >= 4 is 11.0 Å². The lowest BCUT2D eigenvalue weighted by molar-refractivity contribution is 1.14. The predicted octanol–water partition coefficient (Wildman–Crippen LogP) is 2.16. The summed E-state index contributed by atoms with van der Waals surface area (Å²) in [6.45, 7) is 3.67. The lowest BCUT2D eigenvalue weighted by Gasteiger charge is -1.97. The van der Waals surface area contributed by atoms with Crippen LogP contribution in [0, 0.1) is 6.07 Å².